The number of aliphatic hydroxyl groups is 1. The Morgan fingerprint density at radius 2 is 2.00 bits per heavy atom. The summed E-state index contributed by atoms with van der Waals surface area (Å²) in [5, 5.41) is 28.3. The minimum Gasteiger partial charge on any atom is -0.871 e. The summed E-state index contributed by atoms with van der Waals surface area (Å²) >= 11 is 0. The van der Waals surface area contributed by atoms with Crippen LogP contribution >= 0.6 is 0 Å². The van der Waals surface area contributed by atoms with Crippen LogP contribution in [0.15, 0.2) is 24.3 Å². The van der Waals surface area contributed by atoms with E-state index in [1.54, 1.807) is 12.1 Å². The Labute approximate surface area is 158 Å². The molecule has 0 bridgehead atoms. The van der Waals surface area contributed by atoms with E-state index in [9.17, 15) is 10.2 Å². The fourth-order valence-corrected chi connectivity index (χ4v) is 3.65. The van der Waals surface area contributed by atoms with Gasteiger partial charge in [0.05, 0.1) is 0 Å². The molecule has 120 valence electrons. The molecule has 0 aromatic heterocycles. The molecular formula is C18H24HgN2O2. The monoisotopic (exact) mass is 502 g/mol. The second kappa shape index (κ2) is 9.04. The van der Waals surface area contributed by atoms with E-state index in [0.717, 1.165) is 30.8 Å². The summed E-state index contributed by atoms with van der Waals surface area (Å²) in [6, 6.07) is 5.58. The fraction of sp³-hybridized carbons (Fsp3) is 0.556. The molecule has 0 spiro atoms. The van der Waals surface area contributed by atoms with Gasteiger partial charge < -0.3 is 20.8 Å². The van der Waals surface area contributed by atoms with Gasteiger partial charge >= 0.3 is 27.7 Å². The molecule has 1 saturated carbocycles. The summed E-state index contributed by atoms with van der Waals surface area (Å²) in [6.45, 7) is 1.74. The van der Waals surface area contributed by atoms with Crippen LogP contribution in [0.1, 0.15) is 37.7 Å². The molecule has 4 nitrogen and oxygen atoms in total. The van der Waals surface area contributed by atoms with Crippen molar-refractivity contribution in [1.29, 1.82) is 0 Å². The van der Waals surface area contributed by atoms with Crippen molar-refractivity contribution in [1.82, 2.24) is 0 Å². The van der Waals surface area contributed by atoms with Gasteiger partial charge in [-0.2, -0.15) is 0 Å². The van der Waals surface area contributed by atoms with E-state index in [-0.39, 0.29) is 39.5 Å². The average Bonchev–Trinajstić information content (AvgIpc) is 2.57. The molecule has 2 aliphatic heterocycles. The topological polar surface area (TPSA) is 69.4 Å². The van der Waals surface area contributed by atoms with Gasteiger partial charge in [-0.1, -0.05) is 67.7 Å². The van der Waals surface area contributed by atoms with Crippen LogP contribution in [0.4, 0.5) is 5.69 Å². The zero-order valence-corrected chi connectivity index (χ0v) is 19.1. The predicted octanol–water partition coefficient (Wildman–Crippen LogP) is 2.88. The molecule has 1 aromatic rings. The molecule has 2 heterocycles. The van der Waals surface area contributed by atoms with Crippen LogP contribution in [0.25, 0.3) is 11.4 Å². The van der Waals surface area contributed by atoms with Crippen LogP contribution in [-0.2, 0) is 27.7 Å². The summed E-state index contributed by atoms with van der Waals surface area (Å²) in [5.41, 5.74) is 1.72. The minimum absolute atomic E-state index is 0. The maximum atomic E-state index is 11.2. The first kappa shape index (κ1) is 18.7. The first-order valence-corrected chi connectivity index (χ1v) is 8.31. The molecule has 0 amide bonds. The molecular weight excluding hydrogens is 477 g/mol. The molecule has 2 N–H and O–H groups in total. The van der Waals surface area contributed by atoms with Crippen molar-refractivity contribution in [2.45, 2.75) is 44.2 Å². The normalized spacial score (nSPS) is 28.1. The number of piperidine rings is 1. The SMILES string of the molecule is OC1CCCC2CCC[N-]C12.[Hg+2].[O-]c1cccc2c1NCC=C2. The Kier molecular flexibility index (Phi) is 7.37. The smallest absolute Gasteiger partial charge is 0.871 e. The maximum absolute atomic E-state index is 11.2. The summed E-state index contributed by atoms with van der Waals surface area (Å²) in [7, 11) is 0. The number of rotatable bonds is 0. The molecule has 2 fully saturated rings. The van der Waals surface area contributed by atoms with Crippen molar-refractivity contribution in [3.8, 4) is 5.75 Å². The van der Waals surface area contributed by atoms with Gasteiger partial charge in [0, 0.05) is 18.3 Å². The van der Waals surface area contributed by atoms with Gasteiger partial charge in [0.2, 0.25) is 0 Å². The Morgan fingerprint density at radius 3 is 2.78 bits per heavy atom. The van der Waals surface area contributed by atoms with E-state index in [2.05, 4.69) is 10.6 Å². The number of hydrogen-bond acceptors (Lipinski definition) is 3. The number of aliphatic hydroxyl groups excluding tert-OH is 1. The number of benzene rings is 1. The zero-order valence-electron chi connectivity index (χ0n) is 13.6. The van der Waals surface area contributed by atoms with E-state index in [4.69, 9.17) is 0 Å². The molecule has 0 radical (unpaired) electrons. The van der Waals surface area contributed by atoms with E-state index < -0.39 is 0 Å². The molecule has 3 atom stereocenters. The first-order chi connectivity index (χ1) is 10.8. The maximum Gasteiger partial charge on any atom is 2.00 e. The first-order valence-electron chi connectivity index (χ1n) is 8.31. The summed E-state index contributed by atoms with van der Waals surface area (Å²) in [6.07, 6.45) is 9.87. The van der Waals surface area contributed by atoms with Gasteiger partial charge in [-0.3, -0.25) is 0 Å². The number of fused-ring (bicyclic) bond motifs is 2. The van der Waals surface area contributed by atoms with Crippen molar-refractivity contribution in [3.63, 3.8) is 0 Å². The number of nitrogens with zero attached hydrogens (tertiary/aromatic N) is 1. The number of para-hydroxylation sites is 1. The second-order valence-electron chi connectivity index (χ2n) is 6.30. The van der Waals surface area contributed by atoms with Crippen LogP contribution in [0, 0.1) is 5.92 Å². The Bertz CT molecular complexity index is 534. The Balaban J connectivity index is 0.000000160. The summed E-state index contributed by atoms with van der Waals surface area (Å²) in [4.78, 5) is 0. The van der Waals surface area contributed by atoms with E-state index in [1.165, 1.54) is 25.7 Å². The zero-order chi connectivity index (χ0) is 15.4. The molecule has 3 aliphatic rings. The van der Waals surface area contributed by atoms with Gasteiger partial charge in [-0.15, -0.1) is 12.6 Å². The molecule has 4 rings (SSSR count). The van der Waals surface area contributed by atoms with Crippen LogP contribution in [0.5, 0.6) is 5.75 Å². The molecule has 1 saturated heterocycles. The number of hydrogen-bond donors (Lipinski definition) is 2. The standard InChI is InChI=1S/C9H16NO.C9H9NO.Hg/c2*11-8-5-1-3-7-4-2-6-10-9(7)8;/h7-9,11H,1-6H2;1-5,10-11H,6H2;/q-1;;+2/p-1. The number of nitrogens with one attached hydrogen (secondary N) is 1. The number of anilines is 1. The van der Waals surface area contributed by atoms with Crippen LogP contribution in [0.2, 0.25) is 0 Å². The van der Waals surface area contributed by atoms with Crippen molar-refractivity contribution in [3.05, 3.63) is 35.2 Å². The van der Waals surface area contributed by atoms with Crippen molar-refractivity contribution in [2.24, 2.45) is 5.92 Å². The molecule has 23 heavy (non-hydrogen) atoms. The quantitative estimate of drug-likeness (QED) is 0.538. The van der Waals surface area contributed by atoms with Gasteiger partial charge in [0.1, 0.15) is 0 Å². The van der Waals surface area contributed by atoms with Crippen molar-refractivity contribution in [2.75, 3.05) is 18.4 Å². The van der Waals surface area contributed by atoms with E-state index in [0.29, 0.717) is 12.0 Å². The van der Waals surface area contributed by atoms with Gasteiger partial charge in [0.15, 0.2) is 0 Å². The molecule has 1 aromatic carbocycles. The van der Waals surface area contributed by atoms with E-state index >= 15 is 0 Å². The van der Waals surface area contributed by atoms with Gasteiger partial charge in [-0.25, -0.2) is 0 Å². The van der Waals surface area contributed by atoms with Crippen LogP contribution < -0.4 is 10.4 Å². The molecule has 3 unspecified atom stereocenters. The predicted molar refractivity (Wildman–Crippen MR) is 88.0 cm³/mol. The second-order valence-corrected chi connectivity index (χ2v) is 6.30. The van der Waals surface area contributed by atoms with Gasteiger partial charge in [0.25, 0.3) is 0 Å². The molecule has 5 heteroatoms. The summed E-state index contributed by atoms with van der Waals surface area (Å²) < 4.78 is 0. The van der Waals surface area contributed by atoms with Crippen LogP contribution in [0.3, 0.4) is 0 Å². The largest absolute Gasteiger partial charge is 2.00 e. The average molecular weight is 501 g/mol. The van der Waals surface area contributed by atoms with Crippen LogP contribution in [-0.4, -0.2) is 30.3 Å². The van der Waals surface area contributed by atoms with Gasteiger partial charge in [-0.05, 0) is 12.0 Å². The van der Waals surface area contributed by atoms with Crippen molar-refractivity contribution >= 4 is 11.8 Å². The summed E-state index contributed by atoms with van der Waals surface area (Å²) in [5.74, 6) is 0.791. The third kappa shape index (κ3) is 4.71. The third-order valence-corrected chi connectivity index (χ3v) is 4.78. The molecule has 1 aliphatic carbocycles. The minimum atomic E-state index is -0.117. The van der Waals surface area contributed by atoms with E-state index in [1.807, 2.05) is 18.2 Å². The Hall–Kier alpha value is -0.585. The third-order valence-electron chi connectivity index (χ3n) is 4.78. The fourth-order valence-electron chi connectivity index (χ4n) is 3.65. The Morgan fingerprint density at radius 1 is 1.17 bits per heavy atom. The van der Waals surface area contributed by atoms with Crippen molar-refractivity contribution < 1.29 is 37.9 Å².